The summed E-state index contributed by atoms with van der Waals surface area (Å²) in [5, 5.41) is 4.23. The SMILES string of the molecule is COc1cc(OC)cc(C(=O)N2CCC(C(=O)N3CCC[C@H]3c3ccsc3)CC2)c1. The van der Waals surface area contributed by atoms with Gasteiger partial charge in [-0.1, -0.05) is 0 Å². The Balaban J connectivity index is 1.39. The molecule has 1 aromatic heterocycles. The Bertz CT molecular complexity index is 868. The van der Waals surface area contributed by atoms with Gasteiger partial charge in [-0.3, -0.25) is 9.59 Å². The number of benzene rings is 1. The molecule has 0 spiro atoms. The van der Waals surface area contributed by atoms with Crippen molar-refractivity contribution < 1.29 is 19.1 Å². The Morgan fingerprint density at radius 2 is 1.70 bits per heavy atom. The van der Waals surface area contributed by atoms with Crippen LogP contribution in [0.4, 0.5) is 0 Å². The predicted molar refractivity (Wildman–Crippen MR) is 116 cm³/mol. The largest absolute Gasteiger partial charge is 0.497 e. The monoisotopic (exact) mass is 428 g/mol. The highest BCUT2D eigenvalue weighted by Gasteiger charge is 2.36. The van der Waals surface area contributed by atoms with Crippen LogP contribution < -0.4 is 9.47 Å². The maximum absolute atomic E-state index is 13.2. The highest BCUT2D eigenvalue weighted by atomic mass is 32.1. The van der Waals surface area contributed by atoms with E-state index >= 15 is 0 Å². The van der Waals surface area contributed by atoms with E-state index in [0.717, 1.165) is 19.4 Å². The fraction of sp³-hybridized carbons (Fsp3) is 0.478. The van der Waals surface area contributed by atoms with E-state index in [2.05, 4.69) is 21.7 Å². The number of rotatable bonds is 5. The van der Waals surface area contributed by atoms with Gasteiger partial charge < -0.3 is 19.3 Å². The van der Waals surface area contributed by atoms with Gasteiger partial charge in [0.1, 0.15) is 11.5 Å². The minimum absolute atomic E-state index is 0.00636. The Hall–Kier alpha value is -2.54. The zero-order chi connectivity index (χ0) is 21.1. The topological polar surface area (TPSA) is 59.1 Å². The first kappa shape index (κ1) is 20.7. The second kappa shape index (κ2) is 9.08. The lowest BCUT2D eigenvalue weighted by atomic mass is 9.94. The Kier molecular flexibility index (Phi) is 6.27. The lowest BCUT2D eigenvalue weighted by Gasteiger charge is -2.35. The molecule has 0 aliphatic carbocycles. The minimum atomic E-state index is -0.0459. The van der Waals surface area contributed by atoms with Crippen LogP contribution in [-0.2, 0) is 4.79 Å². The zero-order valence-corrected chi connectivity index (χ0v) is 18.3. The quantitative estimate of drug-likeness (QED) is 0.723. The van der Waals surface area contributed by atoms with Crippen molar-refractivity contribution in [3.63, 3.8) is 0 Å². The molecule has 0 unspecified atom stereocenters. The molecule has 2 amide bonds. The molecule has 0 bridgehead atoms. The molecule has 4 rings (SSSR count). The fourth-order valence-corrected chi connectivity index (χ4v) is 5.23. The van der Waals surface area contributed by atoms with Crippen LogP contribution in [0.15, 0.2) is 35.0 Å². The number of thiophene rings is 1. The van der Waals surface area contributed by atoms with Gasteiger partial charge in [0.25, 0.3) is 5.91 Å². The molecule has 1 aromatic carbocycles. The molecule has 2 aliphatic rings. The van der Waals surface area contributed by atoms with E-state index < -0.39 is 0 Å². The van der Waals surface area contributed by atoms with E-state index in [-0.39, 0.29) is 23.8 Å². The van der Waals surface area contributed by atoms with Gasteiger partial charge >= 0.3 is 0 Å². The molecule has 2 aromatic rings. The van der Waals surface area contributed by atoms with E-state index in [1.54, 1.807) is 43.8 Å². The maximum Gasteiger partial charge on any atom is 0.254 e. The van der Waals surface area contributed by atoms with Crippen LogP contribution in [0.3, 0.4) is 0 Å². The fourth-order valence-electron chi connectivity index (χ4n) is 4.52. The van der Waals surface area contributed by atoms with E-state index in [0.29, 0.717) is 43.0 Å². The third kappa shape index (κ3) is 4.17. The number of nitrogens with zero attached hydrogens (tertiary/aromatic N) is 2. The molecule has 2 saturated heterocycles. The summed E-state index contributed by atoms with van der Waals surface area (Å²) < 4.78 is 10.6. The number of ether oxygens (including phenoxy) is 2. The number of hydrogen-bond donors (Lipinski definition) is 0. The number of methoxy groups -OCH3 is 2. The van der Waals surface area contributed by atoms with Crippen LogP contribution >= 0.6 is 11.3 Å². The van der Waals surface area contributed by atoms with Crippen LogP contribution in [0.25, 0.3) is 0 Å². The summed E-state index contributed by atoms with van der Waals surface area (Å²) in [6, 6.07) is 7.56. The molecule has 1 atom stereocenters. The zero-order valence-electron chi connectivity index (χ0n) is 17.5. The summed E-state index contributed by atoms with van der Waals surface area (Å²) >= 11 is 1.68. The summed E-state index contributed by atoms with van der Waals surface area (Å²) in [6.45, 7) is 2.01. The molecule has 0 radical (unpaired) electrons. The number of hydrogen-bond acceptors (Lipinski definition) is 5. The first-order valence-electron chi connectivity index (χ1n) is 10.5. The summed E-state index contributed by atoms with van der Waals surface area (Å²) in [5.74, 6) is 1.38. The number of carbonyl (C=O) groups is 2. The van der Waals surface area contributed by atoms with Crippen LogP contribution in [0.5, 0.6) is 11.5 Å². The van der Waals surface area contributed by atoms with Crippen LogP contribution in [0.1, 0.15) is 47.6 Å². The molecule has 3 heterocycles. The van der Waals surface area contributed by atoms with Gasteiger partial charge in [0.05, 0.1) is 20.3 Å². The van der Waals surface area contributed by atoms with Gasteiger partial charge in [-0.2, -0.15) is 11.3 Å². The molecule has 7 heteroatoms. The number of amides is 2. The van der Waals surface area contributed by atoms with Crippen molar-refractivity contribution in [1.29, 1.82) is 0 Å². The number of carbonyl (C=O) groups excluding carboxylic acids is 2. The van der Waals surface area contributed by atoms with Crippen molar-refractivity contribution in [2.45, 2.75) is 31.7 Å². The molecule has 2 aliphatic heterocycles. The predicted octanol–water partition coefficient (Wildman–Crippen LogP) is 3.98. The summed E-state index contributed by atoms with van der Waals surface area (Å²) in [7, 11) is 3.14. The molecule has 160 valence electrons. The molecular weight excluding hydrogens is 400 g/mol. The van der Waals surface area contributed by atoms with Crippen molar-refractivity contribution in [2.24, 2.45) is 5.92 Å². The minimum Gasteiger partial charge on any atom is -0.497 e. The van der Waals surface area contributed by atoms with Crippen molar-refractivity contribution >= 4 is 23.2 Å². The normalized spacial score (nSPS) is 19.7. The van der Waals surface area contributed by atoms with Crippen molar-refractivity contribution in [3.8, 4) is 11.5 Å². The molecule has 30 heavy (non-hydrogen) atoms. The standard InChI is InChI=1S/C23H28N2O4S/c1-28-19-12-18(13-20(14-19)29-2)22(26)24-9-5-16(6-10-24)23(27)25-8-3-4-21(25)17-7-11-30-15-17/h7,11-16,21H,3-6,8-10H2,1-2H3/t21-/m0/s1. The van der Waals surface area contributed by atoms with Gasteiger partial charge in [-0.15, -0.1) is 0 Å². The van der Waals surface area contributed by atoms with Crippen molar-refractivity contribution in [1.82, 2.24) is 9.80 Å². The smallest absolute Gasteiger partial charge is 0.254 e. The number of piperidine rings is 1. The second-order valence-electron chi connectivity index (χ2n) is 7.91. The van der Waals surface area contributed by atoms with E-state index in [1.807, 2.05) is 4.90 Å². The van der Waals surface area contributed by atoms with E-state index in [4.69, 9.17) is 9.47 Å². The van der Waals surface area contributed by atoms with Gasteiger partial charge in [-0.05, 0) is 60.2 Å². The average molecular weight is 429 g/mol. The van der Waals surface area contributed by atoms with Gasteiger partial charge in [0.15, 0.2) is 0 Å². The molecule has 0 N–H and O–H groups in total. The molecular formula is C23H28N2O4S. The lowest BCUT2D eigenvalue weighted by Crippen LogP contribution is -2.44. The van der Waals surface area contributed by atoms with Gasteiger partial charge in [0.2, 0.25) is 5.91 Å². The van der Waals surface area contributed by atoms with Crippen LogP contribution in [-0.4, -0.2) is 55.5 Å². The lowest BCUT2D eigenvalue weighted by molar-refractivity contribution is -0.137. The van der Waals surface area contributed by atoms with E-state index in [1.165, 1.54) is 5.56 Å². The third-order valence-corrected chi connectivity index (χ3v) is 6.90. The summed E-state index contributed by atoms with van der Waals surface area (Å²) in [6.07, 6.45) is 3.51. The first-order chi connectivity index (χ1) is 14.6. The van der Waals surface area contributed by atoms with Crippen LogP contribution in [0.2, 0.25) is 0 Å². The average Bonchev–Trinajstić information content (AvgIpc) is 3.49. The van der Waals surface area contributed by atoms with Crippen molar-refractivity contribution in [3.05, 3.63) is 46.2 Å². The van der Waals surface area contributed by atoms with Gasteiger partial charge in [-0.25, -0.2) is 0 Å². The Morgan fingerprint density at radius 1 is 1.00 bits per heavy atom. The number of likely N-dealkylation sites (tertiary alicyclic amines) is 2. The highest BCUT2D eigenvalue weighted by molar-refractivity contribution is 7.08. The third-order valence-electron chi connectivity index (χ3n) is 6.19. The second-order valence-corrected chi connectivity index (χ2v) is 8.69. The van der Waals surface area contributed by atoms with Crippen LogP contribution in [0, 0.1) is 5.92 Å². The Labute approximate surface area is 181 Å². The summed E-state index contributed by atoms with van der Waals surface area (Å²) in [5.41, 5.74) is 1.80. The Morgan fingerprint density at radius 3 is 2.30 bits per heavy atom. The molecule has 0 saturated carbocycles. The molecule has 6 nitrogen and oxygen atoms in total. The molecule has 2 fully saturated rings. The summed E-state index contributed by atoms with van der Waals surface area (Å²) in [4.78, 5) is 30.1. The highest BCUT2D eigenvalue weighted by Crippen LogP contribution is 2.35. The van der Waals surface area contributed by atoms with Crippen molar-refractivity contribution in [2.75, 3.05) is 33.9 Å². The maximum atomic E-state index is 13.2. The van der Waals surface area contributed by atoms with Gasteiger partial charge in [0, 0.05) is 37.2 Å². The van der Waals surface area contributed by atoms with E-state index in [9.17, 15) is 9.59 Å². The first-order valence-corrected chi connectivity index (χ1v) is 11.4.